The summed E-state index contributed by atoms with van der Waals surface area (Å²) in [5, 5.41) is 2.54. The Balaban J connectivity index is 1.34. The summed E-state index contributed by atoms with van der Waals surface area (Å²) in [5.74, 6) is -0.265. The normalized spacial score (nSPS) is 22.9. The summed E-state index contributed by atoms with van der Waals surface area (Å²) in [6, 6.07) is 7.66. The molecule has 1 heterocycles. The van der Waals surface area contributed by atoms with Crippen LogP contribution in [0, 0.1) is 5.92 Å². The maximum atomic E-state index is 12.3. The van der Waals surface area contributed by atoms with Gasteiger partial charge >= 0.3 is 6.18 Å². The van der Waals surface area contributed by atoms with Gasteiger partial charge in [0.05, 0.1) is 0 Å². The maximum Gasteiger partial charge on any atom is 0.397 e. The van der Waals surface area contributed by atoms with E-state index >= 15 is 0 Å². The van der Waals surface area contributed by atoms with Gasteiger partial charge in [-0.25, -0.2) is 0 Å². The van der Waals surface area contributed by atoms with Crippen molar-refractivity contribution >= 4 is 17.4 Å². The third-order valence-electron chi connectivity index (χ3n) is 6.42. The van der Waals surface area contributed by atoms with Gasteiger partial charge in [-0.1, -0.05) is 12.1 Å². The van der Waals surface area contributed by atoms with Gasteiger partial charge in [0.15, 0.2) is 5.78 Å². The predicted molar refractivity (Wildman–Crippen MR) is 114 cm³/mol. The molecule has 0 spiro atoms. The number of nitrogens with zero attached hydrogens (tertiary/aromatic N) is 2. The zero-order chi connectivity index (χ0) is 22.4. The number of ketones is 1. The molecule has 3 rings (SSSR count). The minimum atomic E-state index is -4.44. The molecule has 1 aromatic rings. The first kappa shape index (κ1) is 23.6. The maximum absolute atomic E-state index is 12.3. The molecule has 1 aliphatic carbocycles. The van der Waals surface area contributed by atoms with Crippen LogP contribution in [-0.2, 0) is 4.79 Å². The van der Waals surface area contributed by atoms with Gasteiger partial charge in [0.25, 0.3) is 0 Å². The molecule has 0 aromatic heterocycles. The second-order valence-corrected chi connectivity index (χ2v) is 8.80. The van der Waals surface area contributed by atoms with Gasteiger partial charge in [-0.05, 0) is 63.6 Å². The molecule has 1 aromatic carbocycles. The molecular weight excluding hydrogens is 407 g/mol. The number of amides is 1. The lowest BCUT2D eigenvalue weighted by Gasteiger charge is -2.37. The van der Waals surface area contributed by atoms with Crippen LogP contribution in [-0.4, -0.2) is 61.5 Å². The van der Waals surface area contributed by atoms with E-state index in [0.29, 0.717) is 5.92 Å². The Hall–Kier alpha value is -2.09. The molecule has 172 valence electrons. The fourth-order valence-corrected chi connectivity index (χ4v) is 4.57. The fourth-order valence-electron chi connectivity index (χ4n) is 4.57. The van der Waals surface area contributed by atoms with E-state index in [2.05, 4.69) is 15.1 Å². The highest BCUT2D eigenvalue weighted by molar-refractivity contribution is 5.95. The molecule has 0 atom stereocenters. The summed E-state index contributed by atoms with van der Waals surface area (Å²) >= 11 is 0. The van der Waals surface area contributed by atoms with Crippen LogP contribution in [0.4, 0.5) is 18.9 Å². The smallest absolute Gasteiger partial charge is 0.369 e. The number of anilines is 1. The Morgan fingerprint density at radius 2 is 1.74 bits per heavy atom. The number of halogens is 3. The molecule has 0 unspecified atom stereocenters. The zero-order valence-electron chi connectivity index (χ0n) is 18.1. The molecule has 5 nitrogen and oxygen atoms in total. The fraction of sp³-hybridized carbons (Fsp3) is 0.652. The first-order valence-corrected chi connectivity index (χ1v) is 11.1. The summed E-state index contributed by atoms with van der Waals surface area (Å²) in [5.41, 5.74) is 1.84. The van der Waals surface area contributed by atoms with Crippen molar-refractivity contribution in [2.75, 3.05) is 37.6 Å². The number of hydrogen-bond acceptors (Lipinski definition) is 4. The molecule has 31 heavy (non-hydrogen) atoms. The highest BCUT2D eigenvalue weighted by Gasteiger charge is 2.32. The number of carbonyl (C=O) groups is 2. The lowest BCUT2D eigenvalue weighted by Crippen LogP contribution is -2.47. The van der Waals surface area contributed by atoms with Crippen molar-refractivity contribution in [2.24, 2.45) is 5.92 Å². The zero-order valence-corrected chi connectivity index (χ0v) is 18.1. The molecule has 2 aliphatic rings. The Kier molecular flexibility index (Phi) is 7.97. The number of piperazine rings is 1. The number of carbonyl (C=O) groups excluding carboxylic acids is 2. The van der Waals surface area contributed by atoms with E-state index in [-0.39, 0.29) is 11.8 Å². The van der Waals surface area contributed by atoms with E-state index in [1.54, 1.807) is 6.92 Å². The summed E-state index contributed by atoms with van der Waals surface area (Å²) in [7, 11) is 0. The van der Waals surface area contributed by atoms with Crippen LogP contribution in [0.2, 0.25) is 0 Å². The predicted octanol–water partition coefficient (Wildman–Crippen LogP) is 4.03. The Labute approximate surface area is 182 Å². The molecule has 2 fully saturated rings. The molecule has 0 bridgehead atoms. The molecule has 0 radical (unpaired) electrons. The minimum absolute atomic E-state index is 0.0788. The monoisotopic (exact) mass is 439 g/mol. The van der Waals surface area contributed by atoms with Crippen LogP contribution in [0.15, 0.2) is 24.3 Å². The molecule has 1 amide bonds. The third-order valence-corrected chi connectivity index (χ3v) is 6.42. The van der Waals surface area contributed by atoms with Crippen molar-refractivity contribution in [3.05, 3.63) is 29.8 Å². The van der Waals surface area contributed by atoms with E-state index < -0.39 is 18.5 Å². The van der Waals surface area contributed by atoms with E-state index in [4.69, 9.17) is 0 Å². The van der Waals surface area contributed by atoms with Crippen molar-refractivity contribution < 1.29 is 22.8 Å². The largest absolute Gasteiger partial charge is 0.397 e. The minimum Gasteiger partial charge on any atom is -0.369 e. The number of nitrogens with one attached hydrogen (secondary N) is 1. The number of hydrogen-bond donors (Lipinski definition) is 1. The van der Waals surface area contributed by atoms with Gasteiger partial charge in [-0.15, -0.1) is 0 Å². The summed E-state index contributed by atoms with van der Waals surface area (Å²) in [6.45, 7) is 6.43. The number of Topliss-reactive ketones (excluding diaryl/α,β-unsaturated/α-hetero) is 1. The second kappa shape index (κ2) is 10.5. The highest BCUT2D eigenvalue weighted by atomic mass is 19.4. The average molecular weight is 440 g/mol. The van der Waals surface area contributed by atoms with E-state index in [1.165, 1.54) is 0 Å². The molecular formula is C23H32F3N3O2. The van der Waals surface area contributed by atoms with Crippen molar-refractivity contribution in [1.29, 1.82) is 0 Å². The Morgan fingerprint density at radius 1 is 1.06 bits per heavy atom. The van der Waals surface area contributed by atoms with Crippen LogP contribution in [0.3, 0.4) is 0 Å². The SMILES string of the molecule is CC(=O)c1cccc(N2CCN(CC[C@H]3CC[C@H](NC(=O)CC(F)(F)F)CC3)CC2)c1. The van der Waals surface area contributed by atoms with Crippen LogP contribution < -0.4 is 10.2 Å². The van der Waals surface area contributed by atoms with Crippen LogP contribution in [0.5, 0.6) is 0 Å². The molecule has 8 heteroatoms. The lowest BCUT2D eigenvalue weighted by atomic mass is 9.84. The molecule has 1 saturated carbocycles. The van der Waals surface area contributed by atoms with Gasteiger partial charge in [0, 0.05) is 43.5 Å². The summed E-state index contributed by atoms with van der Waals surface area (Å²) in [4.78, 5) is 27.8. The third kappa shape index (κ3) is 7.52. The second-order valence-electron chi connectivity index (χ2n) is 8.80. The first-order chi connectivity index (χ1) is 14.7. The van der Waals surface area contributed by atoms with Crippen LogP contribution in [0.1, 0.15) is 55.8 Å². The van der Waals surface area contributed by atoms with Gasteiger partial charge in [0.1, 0.15) is 6.42 Å². The van der Waals surface area contributed by atoms with Gasteiger partial charge in [0.2, 0.25) is 5.91 Å². The topological polar surface area (TPSA) is 52.7 Å². The van der Waals surface area contributed by atoms with Crippen LogP contribution >= 0.6 is 0 Å². The van der Waals surface area contributed by atoms with Gasteiger partial charge in [-0.2, -0.15) is 13.2 Å². The van der Waals surface area contributed by atoms with Crippen molar-refractivity contribution in [1.82, 2.24) is 10.2 Å². The van der Waals surface area contributed by atoms with E-state index in [9.17, 15) is 22.8 Å². The van der Waals surface area contributed by atoms with Crippen molar-refractivity contribution in [3.8, 4) is 0 Å². The highest BCUT2D eigenvalue weighted by Crippen LogP contribution is 2.28. The van der Waals surface area contributed by atoms with E-state index in [1.807, 2.05) is 24.3 Å². The van der Waals surface area contributed by atoms with Crippen molar-refractivity contribution in [3.63, 3.8) is 0 Å². The van der Waals surface area contributed by atoms with Gasteiger partial charge in [-0.3, -0.25) is 14.5 Å². The first-order valence-electron chi connectivity index (χ1n) is 11.1. The Bertz CT molecular complexity index is 753. The number of rotatable bonds is 7. The van der Waals surface area contributed by atoms with E-state index in [0.717, 1.165) is 76.1 Å². The molecule has 1 N–H and O–H groups in total. The number of alkyl halides is 3. The summed E-state index contributed by atoms with van der Waals surface area (Å²) in [6.07, 6.45) is -1.32. The Morgan fingerprint density at radius 3 is 2.35 bits per heavy atom. The standard InChI is InChI=1S/C23H32F3N3O2/c1-17(30)19-3-2-4-21(15-19)29-13-11-28(12-14-29)10-9-18-5-7-20(8-6-18)27-22(31)16-23(24,25)26/h2-4,15,18,20H,5-14,16H2,1H3,(H,27,31)/t18-,20-. The lowest BCUT2D eigenvalue weighted by molar-refractivity contribution is -0.154. The quantitative estimate of drug-likeness (QED) is 0.652. The summed E-state index contributed by atoms with van der Waals surface area (Å²) < 4.78 is 36.9. The molecule has 1 saturated heterocycles. The molecule has 1 aliphatic heterocycles. The number of benzene rings is 1. The average Bonchev–Trinajstić information content (AvgIpc) is 2.72. The van der Waals surface area contributed by atoms with Gasteiger partial charge < -0.3 is 10.2 Å². The van der Waals surface area contributed by atoms with Crippen molar-refractivity contribution in [2.45, 2.75) is 57.7 Å². The van der Waals surface area contributed by atoms with Crippen LogP contribution in [0.25, 0.3) is 0 Å².